The van der Waals surface area contributed by atoms with E-state index in [0.29, 0.717) is 12.3 Å². The van der Waals surface area contributed by atoms with Crippen molar-refractivity contribution in [3.8, 4) is 5.75 Å². The molecule has 0 unspecified atom stereocenters. The molecule has 2 fully saturated rings. The molecule has 0 saturated carbocycles. The van der Waals surface area contributed by atoms with Gasteiger partial charge in [0.2, 0.25) is 5.91 Å². The highest BCUT2D eigenvalue weighted by Crippen LogP contribution is 2.19. The summed E-state index contributed by atoms with van der Waals surface area (Å²) >= 11 is 0. The van der Waals surface area contributed by atoms with Crippen LogP contribution in [0.4, 0.5) is 5.69 Å². The number of rotatable bonds is 6. The maximum Gasteiger partial charge on any atom is 0.236 e. The van der Waals surface area contributed by atoms with Crippen molar-refractivity contribution in [2.24, 2.45) is 0 Å². The molecule has 164 valence electrons. The molecule has 0 atom stereocenters. The first-order valence-corrected chi connectivity index (χ1v) is 11.2. The van der Waals surface area contributed by atoms with Crippen LogP contribution in [0.3, 0.4) is 0 Å². The number of carbonyl (C=O) groups is 1. The number of phenols is 1. The van der Waals surface area contributed by atoms with Crippen LogP contribution in [0, 0.1) is 0 Å². The maximum atomic E-state index is 12.8. The van der Waals surface area contributed by atoms with E-state index in [9.17, 15) is 9.90 Å². The monoisotopic (exact) mass is 420 g/mol. The highest BCUT2D eigenvalue weighted by atomic mass is 16.3. The fraction of sp³-hybridized carbons (Fsp3) is 0.400. The average Bonchev–Trinajstić information content (AvgIpc) is 2.81. The Labute approximate surface area is 185 Å². The molecule has 2 aliphatic rings. The smallest absolute Gasteiger partial charge is 0.236 e. The lowest BCUT2D eigenvalue weighted by Crippen LogP contribution is -2.53. The zero-order valence-electron chi connectivity index (χ0n) is 18.1. The van der Waals surface area contributed by atoms with E-state index in [-0.39, 0.29) is 5.91 Å². The van der Waals surface area contributed by atoms with Gasteiger partial charge in [0.15, 0.2) is 0 Å². The third-order valence-electron chi connectivity index (χ3n) is 6.14. The molecule has 2 heterocycles. The van der Waals surface area contributed by atoms with Crippen LogP contribution < -0.4 is 4.90 Å². The van der Waals surface area contributed by atoms with Gasteiger partial charge < -0.3 is 14.9 Å². The molecule has 6 heteroatoms. The third-order valence-corrected chi connectivity index (χ3v) is 6.14. The highest BCUT2D eigenvalue weighted by Gasteiger charge is 2.24. The summed E-state index contributed by atoms with van der Waals surface area (Å²) in [5.74, 6) is 0.540. The molecule has 0 bridgehead atoms. The van der Waals surface area contributed by atoms with Crippen molar-refractivity contribution in [3.05, 3.63) is 66.2 Å². The molecule has 2 saturated heterocycles. The zero-order valence-corrected chi connectivity index (χ0v) is 18.1. The number of amides is 1. The third kappa shape index (κ3) is 6.09. The molecular weight excluding hydrogens is 388 g/mol. The van der Waals surface area contributed by atoms with Crippen molar-refractivity contribution in [2.75, 3.05) is 70.3 Å². The molecule has 0 radical (unpaired) electrons. The van der Waals surface area contributed by atoms with Crippen molar-refractivity contribution in [3.63, 3.8) is 0 Å². The molecule has 6 nitrogen and oxygen atoms in total. The Morgan fingerprint density at radius 3 is 2.13 bits per heavy atom. The summed E-state index contributed by atoms with van der Waals surface area (Å²) in [5.41, 5.74) is 2.35. The number of benzene rings is 2. The van der Waals surface area contributed by atoms with Gasteiger partial charge in [0.25, 0.3) is 0 Å². The highest BCUT2D eigenvalue weighted by molar-refractivity contribution is 5.78. The Hall–Kier alpha value is -2.83. The number of hydrogen-bond acceptors (Lipinski definition) is 5. The number of nitrogens with zero attached hydrogens (tertiary/aromatic N) is 4. The first-order chi connectivity index (χ1) is 15.2. The molecular formula is C25H32N4O2. The fourth-order valence-corrected chi connectivity index (χ4v) is 4.20. The van der Waals surface area contributed by atoms with Gasteiger partial charge in [-0.3, -0.25) is 14.6 Å². The topological polar surface area (TPSA) is 50.3 Å². The lowest BCUT2D eigenvalue weighted by molar-refractivity contribution is -0.134. The van der Waals surface area contributed by atoms with Crippen molar-refractivity contribution in [1.29, 1.82) is 0 Å². The van der Waals surface area contributed by atoms with E-state index in [2.05, 4.69) is 51.1 Å². The van der Waals surface area contributed by atoms with Gasteiger partial charge in [-0.2, -0.15) is 0 Å². The first-order valence-electron chi connectivity index (χ1n) is 11.2. The fourth-order valence-electron chi connectivity index (χ4n) is 4.20. The summed E-state index contributed by atoms with van der Waals surface area (Å²) < 4.78 is 0. The van der Waals surface area contributed by atoms with Crippen LogP contribution >= 0.6 is 0 Å². The van der Waals surface area contributed by atoms with Crippen LogP contribution in [0.5, 0.6) is 5.75 Å². The minimum Gasteiger partial charge on any atom is -0.508 e. The van der Waals surface area contributed by atoms with Gasteiger partial charge in [-0.05, 0) is 29.8 Å². The molecule has 2 aromatic carbocycles. The lowest BCUT2D eigenvalue weighted by Gasteiger charge is -2.38. The van der Waals surface area contributed by atoms with Gasteiger partial charge in [-0.15, -0.1) is 0 Å². The van der Waals surface area contributed by atoms with Gasteiger partial charge in [0.1, 0.15) is 5.75 Å². The van der Waals surface area contributed by atoms with Crippen LogP contribution in [-0.4, -0.2) is 91.2 Å². The molecule has 0 aliphatic carbocycles. The Morgan fingerprint density at radius 1 is 0.806 bits per heavy atom. The van der Waals surface area contributed by atoms with E-state index < -0.39 is 0 Å². The standard InChI is InChI=1S/C25H32N4O2/c30-24-10-8-23(9-11-24)28-17-15-27(16-18-28)21-25(31)29-19-13-26(14-20-29)12-4-7-22-5-2-1-3-6-22/h1-11,30H,12-21H2/b7-4+. The Morgan fingerprint density at radius 2 is 1.45 bits per heavy atom. The largest absolute Gasteiger partial charge is 0.508 e. The number of phenolic OH excluding ortho intramolecular Hbond substituents is 1. The normalized spacial score (nSPS) is 18.6. The van der Waals surface area contributed by atoms with Gasteiger partial charge in [-0.25, -0.2) is 0 Å². The van der Waals surface area contributed by atoms with Gasteiger partial charge >= 0.3 is 0 Å². The Kier molecular flexibility index (Phi) is 7.22. The zero-order chi connectivity index (χ0) is 21.5. The summed E-state index contributed by atoms with van der Waals surface area (Å²) in [6.45, 7) is 8.50. The second kappa shape index (κ2) is 10.5. The van der Waals surface area contributed by atoms with Crippen molar-refractivity contribution >= 4 is 17.7 Å². The van der Waals surface area contributed by atoms with E-state index in [1.165, 1.54) is 5.56 Å². The summed E-state index contributed by atoms with van der Waals surface area (Å²) in [6.07, 6.45) is 4.37. The van der Waals surface area contributed by atoms with Gasteiger partial charge in [-0.1, -0.05) is 42.5 Å². The van der Waals surface area contributed by atoms with Crippen LogP contribution in [0.2, 0.25) is 0 Å². The van der Waals surface area contributed by atoms with Crippen LogP contribution in [-0.2, 0) is 4.79 Å². The van der Waals surface area contributed by atoms with E-state index in [4.69, 9.17) is 0 Å². The molecule has 4 rings (SSSR count). The van der Waals surface area contributed by atoms with E-state index in [0.717, 1.165) is 64.6 Å². The predicted molar refractivity (Wildman–Crippen MR) is 125 cm³/mol. The predicted octanol–water partition coefficient (Wildman–Crippen LogP) is 2.37. The van der Waals surface area contributed by atoms with Crippen molar-refractivity contribution in [2.45, 2.75) is 0 Å². The quantitative estimate of drug-likeness (QED) is 0.778. The molecule has 1 amide bonds. The average molecular weight is 421 g/mol. The molecule has 31 heavy (non-hydrogen) atoms. The number of hydrogen-bond donors (Lipinski definition) is 1. The van der Waals surface area contributed by atoms with Crippen LogP contribution in [0.1, 0.15) is 5.56 Å². The maximum absolute atomic E-state index is 12.8. The van der Waals surface area contributed by atoms with Crippen molar-refractivity contribution in [1.82, 2.24) is 14.7 Å². The number of piperazine rings is 2. The first kappa shape index (κ1) is 21.4. The SMILES string of the molecule is O=C(CN1CCN(c2ccc(O)cc2)CC1)N1CCN(C/C=C/c2ccccc2)CC1. The Balaban J connectivity index is 1.16. The van der Waals surface area contributed by atoms with Crippen LogP contribution in [0.25, 0.3) is 6.08 Å². The second-order valence-corrected chi connectivity index (χ2v) is 8.27. The van der Waals surface area contributed by atoms with E-state index >= 15 is 0 Å². The summed E-state index contributed by atoms with van der Waals surface area (Å²) in [6, 6.07) is 17.7. The van der Waals surface area contributed by atoms with Gasteiger partial charge in [0.05, 0.1) is 6.54 Å². The molecule has 1 N–H and O–H groups in total. The molecule has 0 spiro atoms. The van der Waals surface area contributed by atoms with Gasteiger partial charge in [0, 0.05) is 64.6 Å². The van der Waals surface area contributed by atoms with E-state index in [1.54, 1.807) is 12.1 Å². The van der Waals surface area contributed by atoms with E-state index in [1.807, 2.05) is 23.1 Å². The number of anilines is 1. The Bertz CT molecular complexity index is 853. The minimum atomic E-state index is 0.248. The number of carbonyl (C=O) groups excluding carboxylic acids is 1. The molecule has 2 aromatic rings. The minimum absolute atomic E-state index is 0.248. The molecule has 2 aliphatic heterocycles. The summed E-state index contributed by atoms with van der Waals surface area (Å²) in [5, 5.41) is 9.45. The summed E-state index contributed by atoms with van der Waals surface area (Å²) in [7, 11) is 0. The second-order valence-electron chi connectivity index (χ2n) is 8.27. The van der Waals surface area contributed by atoms with Crippen LogP contribution in [0.15, 0.2) is 60.7 Å². The number of aromatic hydroxyl groups is 1. The lowest BCUT2D eigenvalue weighted by atomic mass is 10.2. The molecule has 0 aromatic heterocycles. The summed E-state index contributed by atoms with van der Waals surface area (Å²) in [4.78, 5) is 21.8. The van der Waals surface area contributed by atoms with Crippen molar-refractivity contribution < 1.29 is 9.90 Å².